The van der Waals surface area contributed by atoms with Crippen molar-refractivity contribution in [2.75, 3.05) is 18.5 Å². The van der Waals surface area contributed by atoms with E-state index in [2.05, 4.69) is 25.6 Å². The Morgan fingerprint density at radius 3 is 2.63 bits per heavy atom. The van der Waals surface area contributed by atoms with Gasteiger partial charge in [-0.1, -0.05) is 30.3 Å². The highest BCUT2D eigenvalue weighted by Gasteiger charge is 2.54. The van der Waals surface area contributed by atoms with Crippen LogP contribution >= 0.6 is 0 Å². The number of rotatable bonds is 7. The number of esters is 1. The summed E-state index contributed by atoms with van der Waals surface area (Å²) in [6.45, 7) is 4.31. The van der Waals surface area contributed by atoms with E-state index in [1.54, 1.807) is 17.8 Å². The number of ether oxygens (including phenoxy) is 4. The van der Waals surface area contributed by atoms with Crippen molar-refractivity contribution in [2.24, 2.45) is 0 Å². The molecule has 0 aliphatic carbocycles. The number of carbonyl (C=O) groups excluding carboxylic acids is 2. The molecule has 2 fully saturated rings. The van der Waals surface area contributed by atoms with E-state index in [1.807, 2.05) is 37.3 Å². The molecule has 4 unspecified atom stereocenters. The first kappa shape index (κ1) is 23.1. The van der Waals surface area contributed by atoms with Crippen LogP contribution in [0.4, 0.5) is 10.6 Å². The van der Waals surface area contributed by atoms with Gasteiger partial charge in [0, 0.05) is 12.1 Å². The summed E-state index contributed by atoms with van der Waals surface area (Å²) in [7, 11) is 0. The predicted octanol–water partition coefficient (Wildman–Crippen LogP) is 2.30. The number of nitrogens with one attached hydrogen (secondary N) is 2. The Morgan fingerprint density at radius 1 is 1.06 bits per heavy atom. The number of carbonyl (C=O) groups is 2. The van der Waals surface area contributed by atoms with Crippen LogP contribution in [0.15, 0.2) is 43.0 Å². The highest BCUT2D eigenvalue weighted by molar-refractivity contribution is 5.95. The van der Waals surface area contributed by atoms with Crippen LogP contribution in [0, 0.1) is 0 Å². The quantitative estimate of drug-likeness (QED) is 0.486. The first-order chi connectivity index (χ1) is 17.1. The highest BCUT2D eigenvalue weighted by atomic mass is 16.8. The fourth-order valence-corrected chi connectivity index (χ4v) is 4.32. The summed E-state index contributed by atoms with van der Waals surface area (Å²) in [4.78, 5) is 37.2. The maximum Gasteiger partial charge on any atom is 0.320 e. The minimum absolute atomic E-state index is 0.0159. The molecule has 12 heteroatoms. The van der Waals surface area contributed by atoms with Gasteiger partial charge in [0.2, 0.25) is 0 Å². The fourth-order valence-electron chi connectivity index (χ4n) is 4.32. The molecule has 184 valence electrons. The van der Waals surface area contributed by atoms with E-state index in [0.717, 1.165) is 5.56 Å². The molecule has 2 aromatic heterocycles. The molecule has 2 aliphatic rings. The van der Waals surface area contributed by atoms with Gasteiger partial charge < -0.3 is 24.3 Å². The summed E-state index contributed by atoms with van der Waals surface area (Å²) in [6.07, 6.45) is -0.0213. The molecule has 2 N–H and O–H groups in total. The van der Waals surface area contributed by atoms with Gasteiger partial charge in [0.1, 0.15) is 18.5 Å². The lowest BCUT2D eigenvalue weighted by atomic mass is 10.1. The van der Waals surface area contributed by atoms with Crippen molar-refractivity contribution in [1.29, 1.82) is 0 Å². The Kier molecular flexibility index (Phi) is 6.57. The lowest BCUT2D eigenvalue weighted by Gasteiger charge is -2.21. The minimum atomic E-state index is -0.676. The first-order valence-corrected chi connectivity index (χ1v) is 11.5. The summed E-state index contributed by atoms with van der Waals surface area (Å²) in [5.41, 5.74) is 1.70. The minimum Gasteiger partial charge on any atom is -0.466 e. The molecule has 2 amide bonds. The summed E-state index contributed by atoms with van der Waals surface area (Å²) in [5.74, 6) is -0.113. The molecular weight excluding hydrogens is 456 g/mol. The maximum atomic E-state index is 12.3. The summed E-state index contributed by atoms with van der Waals surface area (Å²) in [6, 6.07) is 9.17. The average molecular weight is 482 g/mol. The second-order valence-corrected chi connectivity index (χ2v) is 8.05. The van der Waals surface area contributed by atoms with Crippen LogP contribution in [-0.4, -0.2) is 63.0 Å². The molecule has 2 aliphatic heterocycles. The van der Waals surface area contributed by atoms with Gasteiger partial charge in [-0.2, -0.15) is 0 Å². The molecule has 3 aromatic rings. The number of benzene rings is 1. The number of amides is 2. The third-order valence-corrected chi connectivity index (χ3v) is 5.79. The van der Waals surface area contributed by atoms with E-state index >= 15 is 0 Å². The Morgan fingerprint density at radius 2 is 1.86 bits per heavy atom. The number of aromatic nitrogens is 4. The van der Waals surface area contributed by atoms with E-state index in [4.69, 9.17) is 18.9 Å². The second-order valence-electron chi connectivity index (χ2n) is 8.05. The van der Waals surface area contributed by atoms with Crippen molar-refractivity contribution in [3.8, 4) is 0 Å². The van der Waals surface area contributed by atoms with Crippen LogP contribution in [0.5, 0.6) is 0 Å². The summed E-state index contributed by atoms with van der Waals surface area (Å²) < 4.78 is 25.6. The van der Waals surface area contributed by atoms with E-state index in [9.17, 15) is 9.59 Å². The molecule has 0 bridgehead atoms. The zero-order chi connectivity index (χ0) is 24.4. The van der Waals surface area contributed by atoms with Gasteiger partial charge in [-0.15, -0.1) is 0 Å². The first-order valence-electron chi connectivity index (χ1n) is 11.5. The van der Waals surface area contributed by atoms with Crippen molar-refractivity contribution >= 4 is 29.0 Å². The Labute approximate surface area is 200 Å². The predicted molar refractivity (Wildman–Crippen MR) is 122 cm³/mol. The van der Waals surface area contributed by atoms with Gasteiger partial charge in [0.25, 0.3) is 0 Å². The Balaban J connectivity index is 1.45. The van der Waals surface area contributed by atoms with Gasteiger partial charge in [-0.3, -0.25) is 14.7 Å². The van der Waals surface area contributed by atoms with Crippen LogP contribution in [0.3, 0.4) is 0 Å². The van der Waals surface area contributed by atoms with Gasteiger partial charge in [-0.25, -0.2) is 19.7 Å². The highest BCUT2D eigenvalue weighted by Crippen LogP contribution is 2.45. The number of anilines is 1. The third-order valence-electron chi connectivity index (χ3n) is 5.79. The zero-order valence-electron chi connectivity index (χ0n) is 19.3. The molecular formula is C23H26N6O6. The van der Waals surface area contributed by atoms with Gasteiger partial charge in [-0.05, 0) is 13.8 Å². The SMILES string of the molecule is CCNC(=O)Nc1ncnc2c1ncn2C1OC(CC(=O)OCC)C2O[C@H](c3ccccc3)OC21. The van der Waals surface area contributed by atoms with Crippen LogP contribution in [0.1, 0.15) is 38.3 Å². The number of urea groups is 1. The smallest absolute Gasteiger partial charge is 0.320 e. The molecule has 4 heterocycles. The van der Waals surface area contributed by atoms with Crippen LogP contribution in [-0.2, 0) is 23.7 Å². The van der Waals surface area contributed by atoms with E-state index in [0.29, 0.717) is 17.7 Å². The van der Waals surface area contributed by atoms with E-state index in [-0.39, 0.29) is 24.8 Å². The fraction of sp³-hybridized carbons (Fsp3) is 0.435. The lowest BCUT2D eigenvalue weighted by Crippen LogP contribution is -2.30. The largest absolute Gasteiger partial charge is 0.466 e. The molecule has 5 rings (SSSR count). The molecule has 0 spiro atoms. The number of fused-ring (bicyclic) bond motifs is 2. The molecule has 0 saturated carbocycles. The monoisotopic (exact) mass is 482 g/mol. The van der Waals surface area contributed by atoms with Crippen molar-refractivity contribution in [3.63, 3.8) is 0 Å². The normalized spacial score (nSPS) is 25.4. The molecule has 0 radical (unpaired) electrons. The van der Waals surface area contributed by atoms with Gasteiger partial charge >= 0.3 is 12.0 Å². The number of nitrogens with zero attached hydrogens (tertiary/aromatic N) is 4. The molecule has 2 saturated heterocycles. The van der Waals surface area contributed by atoms with Crippen LogP contribution in [0.2, 0.25) is 0 Å². The van der Waals surface area contributed by atoms with Crippen molar-refractivity contribution in [2.45, 2.75) is 51.1 Å². The molecule has 35 heavy (non-hydrogen) atoms. The molecule has 12 nitrogen and oxygen atoms in total. The standard InChI is InChI=1S/C23H26N6O6/c1-3-24-23(31)28-19-16-20(26-11-25-19)29(12-27-16)21-18-17(14(33-21)10-15(30)32-4-2)34-22(35-18)13-8-6-5-7-9-13/h5-9,11-12,14,17-18,21-22H,3-4,10H2,1-2H3,(H2,24,25,26,28,31)/t14?,17?,18?,21?,22-/m0/s1. The van der Waals surface area contributed by atoms with E-state index in [1.165, 1.54) is 6.33 Å². The Hall–Kier alpha value is -3.61. The summed E-state index contributed by atoms with van der Waals surface area (Å²) in [5, 5.41) is 5.33. The molecule has 1 aromatic carbocycles. The van der Waals surface area contributed by atoms with Gasteiger partial charge in [0.15, 0.2) is 29.5 Å². The van der Waals surface area contributed by atoms with Crippen molar-refractivity contribution in [3.05, 3.63) is 48.5 Å². The van der Waals surface area contributed by atoms with Crippen LogP contribution in [0.25, 0.3) is 11.2 Å². The second kappa shape index (κ2) is 9.94. The topological polar surface area (TPSA) is 139 Å². The zero-order valence-corrected chi connectivity index (χ0v) is 19.3. The van der Waals surface area contributed by atoms with Crippen molar-refractivity contribution in [1.82, 2.24) is 24.8 Å². The van der Waals surface area contributed by atoms with Gasteiger partial charge in [0.05, 0.1) is 25.5 Å². The van der Waals surface area contributed by atoms with E-state index < -0.39 is 36.9 Å². The van der Waals surface area contributed by atoms with Crippen LogP contribution < -0.4 is 10.6 Å². The number of imidazole rings is 1. The lowest BCUT2D eigenvalue weighted by molar-refractivity contribution is -0.161. The summed E-state index contributed by atoms with van der Waals surface area (Å²) >= 11 is 0. The number of hydrogen-bond acceptors (Lipinski definition) is 9. The molecule has 5 atom stereocenters. The average Bonchev–Trinajstić information content (AvgIpc) is 3.55. The Bertz CT molecular complexity index is 1200. The number of hydrogen-bond donors (Lipinski definition) is 2. The van der Waals surface area contributed by atoms with Crippen molar-refractivity contribution < 1.29 is 28.5 Å². The third kappa shape index (κ3) is 4.55. The maximum absolute atomic E-state index is 12.3.